The van der Waals surface area contributed by atoms with Gasteiger partial charge in [-0.25, -0.2) is 4.98 Å². The van der Waals surface area contributed by atoms with E-state index in [0.29, 0.717) is 9.36 Å². The van der Waals surface area contributed by atoms with Gasteiger partial charge in [-0.2, -0.15) is 0 Å². The predicted molar refractivity (Wildman–Crippen MR) is 98.0 cm³/mol. The molecule has 122 valence electrons. The molecule has 3 aromatic rings. The molecule has 0 saturated heterocycles. The third kappa shape index (κ3) is 3.90. The van der Waals surface area contributed by atoms with Crippen molar-refractivity contribution in [3.8, 4) is 27.4 Å². The molecule has 1 aromatic heterocycles. The Hall–Kier alpha value is -2.02. The number of carboxylic acids is 1. The number of phenolic OH excluding ortho intramolecular Hbond substituents is 1. The maximum atomic E-state index is 10.8. The average Bonchev–Trinajstić information content (AvgIpc) is 2.98. The molecule has 0 saturated carbocycles. The number of thiazole rings is 1. The Bertz CT molecular complexity index is 798. The largest absolute Gasteiger partial charge is 0.508 e. The van der Waals surface area contributed by atoms with Gasteiger partial charge < -0.3 is 10.2 Å². The second-order valence-electron chi connectivity index (χ2n) is 4.89. The number of rotatable bonds is 5. The quantitative estimate of drug-likeness (QED) is 0.611. The van der Waals surface area contributed by atoms with Crippen molar-refractivity contribution < 1.29 is 15.0 Å². The normalized spacial score (nSPS) is 10.7. The second kappa shape index (κ2) is 7.25. The fraction of sp³-hybridized carbons (Fsp3) is 0.0588. The third-order valence-corrected chi connectivity index (χ3v) is 5.66. The summed E-state index contributed by atoms with van der Waals surface area (Å²) in [6, 6.07) is 14.2. The summed E-state index contributed by atoms with van der Waals surface area (Å²) >= 11 is 8.59. The number of halogens is 1. The van der Waals surface area contributed by atoms with Gasteiger partial charge in [0, 0.05) is 10.6 Å². The lowest BCUT2D eigenvalue weighted by atomic mass is 10.1. The van der Waals surface area contributed by atoms with Gasteiger partial charge in [0.15, 0.2) is 4.34 Å². The van der Waals surface area contributed by atoms with Crippen LogP contribution in [-0.2, 0) is 4.79 Å². The van der Waals surface area contributed by atoms with Crippen LogP contribution in [0.5, 0.6) is 5.75 Å². The van der Waals surface area contributed by atoms with E-state index in [0.717, 1.165) is 21.7 Å². The molecule has 7 heteroatoms. The minimum atomic E-state index is -0.880. The van der Waals surface area contributed by atoms with Crippen molar-refractivity contribution in [2.45, 2.75) is 4.34 Å². The number of thioether (sulfide) groups is 1. The number of aromatic hydroxyl groups is 1. The number of carboxylic acid groups (broad SMARTS) is 1. The lowest BCUT2D eigenvalue weighted by molar-refractivity contribution is -0.133. The Balaban J connectivity index is 2.05. The summed E-state index contributed by atoms with van der Waals surface area (Å²) in [4.78, 5) is 16.3. The number of carbonyl (C=O) groups is 1. The Morgan fingerprint density at radius 2 is 1.71 bits per heavy atom. The summed E-state index contributed by atoms with van der Waals surface area (Å²) in [5, 5.41) is 19.0. The van der Waals surface area contributed by atoms with E-state index in [1.807, 2.05) is 12.1 Å². The lowest BCUT2D eigenvalue weighted by Crippen LogP contribution is -1.96. The number of aromatic nitrogens is 1. The van der Waals surface area contributed by atoms with Crippen LogP contribution in [0.1, 0.15) is 0 Å². The second-order valence-corrected chi connectivity index (χ2v) is 7.55. The molecule has 0 atom stereocenters. The predicted octanol–water partition coefficient (Wildman–Crippen LogP) is 5.01. The SMILES string of the molecule is O=C(O)CSc1nc(-c2ccc(O)cc2)c(-c2ccc(Cl)cc2)s1. The number of hydrogen-bond donors (Lipinski definition) is 2. The minimum absolute atomic E-state index is 0.0391. The first kappa shape index (κ1) is 16.8. The van der Waals surface area contributed by atoms with Crippen molar-refractivity contribution in [1.29, 1.82) is 0 Å². The molecule has 0 spiro atoms. The van der Waals surface area contributed by atoms with Gasteiger partial charge in [-0.05, 0) is 42.0 Å². The van der Waals surface area contributed by atoms with Crippen molar-refractivity contribution in [2.75, 3.05) is 5.75 Å². The third-order valence-electron chi connectivity index (χ3n) is 3.17. The van der Waals surface area contributed by atoms with Crippen LogP contribution in [-0.4, -0.2) is 26.9 Å². The topological polar surface area (TPSA) is 70.4 Å². The molecule has 2 N–H and O–H groups in total. The van der Waals surface area contributed by atoms with Gasteiger partial charge in [-0.15, -0.1) is 11.3 Å². The Labute approximate surface area is 151 Å². The molecule has 1 heterocycles. The number of benzene rings is 2. The van der Waals surface area contributed by atoms with Crippen molar-refractivity contribution in [2.24, 2.45) is 0 Å². The van der Waals surface area contributed by atoms with Gasteiger partial charge in [-0.3, -0.25) is 4.79 Å². The summed E-state index contributed by atoms with van der Waals surface area (Å²) in [6.07, 6.45) is 0. The van der Waals surface area contributed by atoms with Crippen LogP contribution in [0.25, 0.3) is 21.7 Å². The first-order valence-electron chi connectivity index (χ1n) is 6.93. The molecule has 2 aromatic carbocycles. The summed E-state index contributed by atoms with van der Waals surface area (Å²) in [5.41, 5.74) is 2.58. The fourth-order valence-corrected chi connectivity index (χ4v) is 4.11. The molecule has 4 nitrogen and oxygen atoms in total. The first-order chi connectivity index (χ1) is 11.5. The molecule has 0 unspecified atom stereocenters. The highest BCUT2D eigenvalue weighted by Gasteiger charge is 2.16. The number of hydrogen-bond acceptors (Lipinski definition) is 5. The van der Waals surface area contributed by atoms with Crippen LogP contribution >= 0.6 is 34.7 Å². The fourth-order valence-electron chi connectivity index (χ4n) is 2.10. The maximum Gasteiger partial charge on any atom is 0.313 e. The van der Waals surface area contributed by atoms with E-state index >= 15 is 0 Å². The van der Waals surface area contributed by atoms with Crippen LogP contribution in [0.3, 0.4) is 0 Å². The zero-order valence-corrected chi connectivity index (χ0v) is 14.7. The van der Waals surface area contributed by atoms with E-state index in [1.165, 1.54) is 23.1 Å². The molecule has 0 bridgehead atoms. The molecule has 0 aliphatic rings. The molecule has 3 rings (SSSR count). The smallest absolute Gasteiger partial charge is 0.313 e. The van der Waals surface area contributed by atoms with Gasteiger partial charge in [0.25, 0.3) is 0 Å². The van der Waals surface area contributed by atoms with Gasteiger partial charge in [0.2, 0.25) is 0 Å². The lowest BCUT2D eigenvalue weighted by Gasteiger charge is -2.03. The Morgan fingerprint density at radius 3 is 2.33 bits per heavy atom. The van der Waals surface area contributed by atoms with Gasteiger partial charge in [0.05, 0.1) is 16.3 Å². The molecule has 0 amide bonds. The van der Waals surface area contributed by atoms with E-state index < -0.39 is 5.97 Å². The highest BCUT2D eigenvalue weighted by atomic mass is 35.5. The van der Waals surface area contributed by atoms with Gasteiger partial charge in [-0.1, -0.05) is 35.5 Å². The molecular formula is C17H12ClNO3S2. The van der Waals surface area contributed by atoms with E-state index in [2.05, 4.69) is 4.98 Å². The Kier molecular flexibility index (Phi) is 5.08. The number of aliphatic carboxylic acids is 1. The molecule has 0 radical (unpaired) electrons. The zero-order chi connectivity index (χ0) is 17.1. The molecule has 0 aliphatic heterocycles. The van der Waals surface area contributed by atoms with Gasteiger partial charge in [0.1, 0.15) is 5.75 Å². The number of nitrogens with zero attached hydrogens (tertiary/aromatic N) is 1. The van der Waals surface area contributed by atoms with Crippen LogP contribution in [0.2, 0.25) is 5.02 Å². The van der Waals surface area contributed by atoms with E-state index in [4.69, 9.17) is 16.7 Å². The average molecular weight is 378 g/mol. The molecule has 0 fully saturated rings. The summed E-state index contributed by atoms with van der Waals surface area (Å²) < 4.78 is 0.686. The molecule has 24 heavy (non-hydrogen) atoms. The summed E-state index contributed by atoms with van der Waals surface area (Å²) in [7, 11) is 0. The summed E-state index contributed by atoms with van der Waals surface area (Å²) in [5.74, 6) is -0.736. The molecule has 0 aliphatic carbocycles. The van der Waals surface area contributed by atoms with Crippen LogP contribution in [0, 0.1) is 0 Å². The van der Waals surface area contributed by atoms with Crippen molar-refractivity contribution in [3.05, 3.63) is 53.6 Å². The van der Waals surface area contributed by atoms with Crippen molar-refractivity contribution in [3.63, 3.8) is 0 Å². The van der Waals surface area contributed by atoms with E-state index in [9.17, 15) is 9.90 Å². The monoisotopic (exact) mass is 377 g/mol. The zero-order valence-electron chi connectivity index (χ0n) is 12.3. The van der Waals surface area contributed by atoms with E-state index in [1.54, 1.807) is 36.4 Å². The molecular weight excluding hydrogens is 366 g/mol. The maximum absolute atomic E-state index is 10.8. The first-order valence-corrected chi connectivity index (χ1v) is 9.11. The van der Waals surface area contributed by atoms with Crippen LogP contribution in [0.15, 0.2) is 52.9 Å². The number of phenols is 1. The highest BCUT2D eigenvalue weighted by molar-refractivity contribution is 8.01. The van der Waals surface area contributed by atoms with Gasteiger partial charge >= 0.3 is 5.97 Å². The van der Waals surface area contributed by atoms with Crippen molar-refractivity contribution in [1.82, 2.24) is 4.98 Å². The Morgan fingerprint density at radius 1 is 1.08 bits per heavy atom. The minimum Gasteiger partial charge on any atom is -0.508 e. The van der Waals surface area contributed by atoms with Crippen LogP contribution < -0.4 is 0 Å². The van der Waals surface area contributed by atoms with Crippen molar-refractivity contribution >= 4 is 40.7 Å². The standard InChI is InChI=1S/C17H12ClNO3S2/c18-12-5-1-11(2-6-12)16-15(10-3-7-13(20)8-4-10)19-17(24-16)23-9-14(21)22/h1-8,20H,9H2,(H,21,22). The highest BCUT2D eigenvalue weighted by Crippen LogP contribution is 2.40. The van der Waals surface area contributed by atoms with E-state index in [-0.39, 0.29) is 11.5 Å². The summed E-state index contributed by atoms with van der Waals surface area (Å²) in [6.45, 7) is 0. The van der Waals surface area contributed by atoms with Crippen LogP contribution in [0.4, 0.5) is 0 Å².